The Morgan fingerprint density at radius 1 is 0.700 bits per heavy atom. The fourth-order valence-corrected chi connectivity index (χ4v) is 4.58. The highest BCUT2D eigenvalue weighted by atomic mass is 32.1. The van der Waals surface area contributed by atoms with E-state index in [0.29, 0.717) is 35.4 Å². The van der Waals surface area contributed by atoms with Crippen molar-refractivity contribution >= 4 is 32.1 Å². The highest BCUT2D eigenvalue weighted by molar-refractivity contribution is 7.23. The molecular formula is C22H24N2O5S. The molecule has 158 valence electrons. The Bertz CT molecular complexity index is 1090. The van der Waals surface area contributed by atoms with E-state index in [1.807, 2.05) is 30.5 Å². The first-order valence-electron chi connectivity index (χ1n) is 9.29. The van der Waals surface area contributed by atoms with Crippen LogP contribution in [0, 0.1) is 0 Å². The van der Waals surface area contributed by atoms with E-state index in [2.05, 4.69) is 22.1 Å². The van der Waals surface area contributed by atoms with Crippen LogP contribution >= 0.6 is 11.3 Å². The predicted molar refractivity (Wildman–Crippen MR) is 120 cm³/mol. The van der Waals surface area contributed by atoms with Crippen molar-refractivity contribution < 1.29 is 23.7 Å². The Morgan fingerprint density at radius 3 is 2.07 bits per heavy atom. The molecule has 2 aromatic carbocycles. The molecule has 0 atom stereocenters. The van der Waals surface area contributed by atoms with Crippen molar-refractivity contribution in [2.45, 2.75) is 0 Å². The molecule has 0 bridgehead atoms. The number of thiophene rings is 1. The SMILES string of the molecule is COc1ccc(N2C=CN(c3cc4c(OC)c(OC)c(OC)cc4s3)C2)cc1OC. The van der Waals surface area contributed by atoms with Crippen molar-refractivity contribution in [3.63, 3.8) is 0 Å². The second kappa shape index (κ2) is 8.23. The molecule has 0 saturated carbocycles. The van der Waals surface area contributed by atoms with Gasteiger partial charge in [0.25, 0.3) is 0 Å². The maximum Gasteiger partial charge on any atom is 0.204 e. The van der Waals surface area contributed by atoms with E-state index in [4.69, 9.17) is 23.7 Å². The van der Waals surface area contributed by atoms with Crippen LogP contribution in [0.2, 0.25) is 0 Å². The van der Waals surface area contributed by atoms with E-state index in [9.17, 15) is 0 Å². The summed E-state index contributed by atoms with van der Waals surface area (Å²) in [6.45, 7) is 0.679. The number of ether oxygens (including phenoxy) is 5. The lowest BCUT2D eigenvalue weighted by molar-refractivity contribution is 0.327. The van der Waals surface area contributed by atoms with Gasteiger partial charge in [-0.05, 0) is 18.2 Å². The van der Waals surface area contributed by atoms with Crippen molar-refractivity contribution in [3.05, 3.63) is 42.7 Å². The van der Waals surface area contributed by atoms with Gasteiger partial charge in [0.05, 0.1) is 47.2 Å². The zero-order chi connectivity index (χ0) is 21.3. The second-order valence-corrected chi connectivity index (χ2v) is 7.62. The molecule has 1 aromatic heterocycles. The topological polar surface area (TPSA) is 52.6 Å². The molecule has 3 aromatic rings. The fraction of sp³-hybridized carbons (Fsp3) is 0.273. The molecule has 0 radical (unpaired) electrons. The van der Waals surface area contributed by atoms with Crippen LogP contribution < -0.4 is 33.5 Å². The number of hydrogen-bond acceptors (Lipinski definition) is 8. The molecule has 0 unspecified atom stereocenters. The van der Waals surface area contributed by atoms with Crippen molar-refractivity contribution in [3.8, 4) is 28.7 Å². The van der Waals surface area contributed by atoms with E-state index >= 15 is 0 Å². The van der Waals surface area contributed by atoms with Crippen LogP contribution in [-0.2, 0) is 0 Å². The van der Waals surface area contributed by atoms with Crippen molar-refractivity contribution in [2.24, 2.45) is 0 Å². The maximum absolute atomic E-state index is 5.63. The normalized spacial score (nSPS) is 13.1. The molecule has 0 saturated heterocycles. The summed E-state index contributed by atoms with van der Waals surface area (Å²) in [6.07, 6.45) is 4.10. The standard InChI is InChI=1S/C22H24N2O5S/c1-25-16-7-6-14(10-17(16)26-2)23-8-9-24(13-23)20-11-15-19(30-20)12-18(27-3)22(29-5)21(15)28-4/h6-12H,13H2,1-5H3. The quantitative estimate of drug-likeness (QED) is 0.541. The third kappa shape index (κ3) is 3.33. The van der Waals surface area contributed by atoms with Gasteiger partial charge in [0.15, 0.2) is 23.0 Å². The number of hydrogen-bond donors (Lipinski definition) is 0. The highest BCUT2D eigenvalue weighted by Crippen LogP contribution is 2.48. The monoisotopic (exact) mass is 428 g/mol. The molecule has 2 heterocycles. The van der Waals surface area contributed by atoms with E-state index < -0.39 is 0 Å². The average Bonchev–Trinajstić information content (AvgIpc) is 3.44. The molecule has 0 N–H and O–H groups in total. The van der Waals surface area contributed by atoms with Crippen LogP contribution in [0.1, 0.15) is 0 Å². The molecule has 0 fully saturated rings. The van der Waals surface area contributed by atoms with Crippen molar-refractivity contribution in [1.29, 1.82) is 0 Å². The first-order chi connectivity index (χ1) is 14.6. The molecule has 0 amide bonds. The third-order valence-electron chi connectivity index (χ3n) is 5.03. The summed E-state index contributed by atoms with van der Waals surface area (Å²) in [4.78, 5) is 4.32. The van der Waals surface area contributed by atoms with Crippen molar-refractivity contribution in [1.82, 2.24) is 0 Å². The van der Waals surface area contributed by atoms with Gasteiger partial charge in [-0.2, -0.15) is 0 Å². The summed E-state index contributed by atoms with van der Waals surface area (Å²) in [6, 6.07) is 9.99. The molecule has 7 nitrogen and oxygen atoms in total. The first-order valence-corrected chi connectivity index (χ1v) is 10.1. The fourth-order valence-electron chi connectivity index (χ4n) is 3.52. The molecule has 0 aliphatic carbocycles. The maximum atomic E-state index is 5.63. The summed E-state index contributed by atoms with van der Waals surface area (Å²) < 4.78 is 28.5. The summed E-state index contributed by atoms with van der Waals surface area (Å²) in [7, 11) is 8.16. The lowest BCUT2D eigenvalue weighted by Gasteiger charge is -2.21. The van der Waals surface area contributed by atoms with Crippen LogP contribution in [0.3, 0.4) is 0 Å². The lowest BCUT2D eigenvalue weighted by Crippen LogP contribution is -2.23. The highest BCUT2D eigenvalue weighted by Gasteiger charge is 2.22. The number of benzene rings is 2. The van der Waals surface area contributed by atoms with E-state index in [-0.39, 0.29) is 0 Å². The van der Waals surface area contributed by atoms with E-state index in [1.54, 1.807) is 46.9 Å². The van der Waals surface area contributed by atoms with E-state index in [1.165, 1.54) is 0 Å². The molecule has 0 spiro atoms. The van der Waals surface area contributed by atoms with Gasteiger partial charge >= 0.3 is 0 Å². The minimum atomic E-state index is 0.598. The number of nitrogens with zero attached hydrogens (tertiary/aromatic N) is 2. The number of methoxy groups -OCH3 is 5. The Kier molecular flexibility index (Phi) is 5.50. The largest absolute Gasteiger partial charge is 0.493 e. The van der Waals surface area contributed by atoms with Gasteiger partial charge < -0.3 is 33.5 Å². The Balaban J connectivity index is 1.64. The molecular weight excluding hydrogens is 404 g/mol. The zero-order valence-electron chi connectivity index (χ0n) is 17.6. The first kappa shape index (κ1) is 20.0. The molecule has 1 aliphatic heterocycles. The van der Waals surface area contributed by atoms with Gasteiger partial charge in [0, 0.05) is 40.3 Å². The zero-order valence-corrected chi connectivity index (χ0v) is 18.4. The number of fused-ring (bicyclic) bond motifs is 1. The third-order valence-corrected chi connectivity index (χ3v) is 6.15. The summed E-state index contributed by atoms with van der Waals surface area (Å²) in [5.74, 6) is 3.34. The predicted octanol–water partition coefficient (Wildman–Crippen LogP) is 4.70. The number of rotatable bonds is 7. The average molecular weight is 429 g/mol. The van der Waals surface area contributed by atoms with Gasteiger partial charge in [-0.15, -0.1) is 11.3 Å². The van der Waals surface area contributed by atoms with Crippen LogP contribution in [0.15, 0.2) is 42.7 Å². The Labute approximate surface area is 179 Å². The second-order valence-electron chi connectivity index (χ2n) is 6.56. The van der Waals surface area contributed by atoms with Crippen LogP contribution in [0.4, 0.5) is 10.7 Å². The minimum absolute atomic E-state index is 0.598. The van der Waals surface area contributed by atoms with Crippen molar-refractivity contribution in [2.75, 3.05) is 52.0 Å². The summed E-state index contributed by atoms with van der Waals surface area (Å²) in [5.41, 5.74) is 1.02. The van der Waals surface area contributed by atoms with Gasteiger partial charge in [-0.1, -0.05) is 0 Å². The minimum Gasteiger partial charge on any atom is -0.493 e. The molecule has 8 heteroatoms. The van der Waals surface area contributed by atoms with Gasteiger partial charge in [-0.25, -0.2) is 0 Å². The lowest BCUT2D eigenvalue weighted by atomic mass is 10.2. The van der Waals surface area contributed by atoms with E-state index in [0.717, 1.165) is 20.8 Å². The van der Waals surface area contributed by atoms with Gasteiger partial charge in [0.2, 0.25) is 5.75 Å². The summed E-state index contributed by atoms with van der Waals surface area (Å²) in [5, 5.41) is 2.09. The molecule has 1 aliphatic rings. The summed E-state index contributed by atoms with van der Waals surface area (Å²) >= 11 is 1.67. The van der Waals surface area contributed by atoms with Crippen LogP contribution in [0.25, 0.3) is 10.1 Å². The van der Waals surface area contributed by atoms with Gasteiger partial charge in [-0.3, -0.25) is 0 Å². The van der Waals surface area contributed by atoms with Crippen LogP contribution in [0.5, 0.6) is 28.7 Å². The van der Waals surface area contributed by atoms with Gasteiger partial charge in [0.1, 0.15) is 0 Å². The van der Waals surface area contributed by atoms with Crippen LogP contribution in [-0.4, -0.2) is 42.2 Å². The molecule has 30 heavy (non-hydrogen) atoms. The Morgan fingerprint density at radius 2 is 1.40 bits per heavy atom. The number of anilines is 2. The Hall–Kier alpha value is -3.26. The smallest absolute Gasteiger partial charge is 0.204 e. The molecule has 4 rings (SSSR count).